The number of rotatable bonds is 3. The largest absolute Gasteiger partial charge is 0.508 e. The summed E-state index contributed by atoms with van der Waals surface area (Å²) in [6, 6.07) is 6.14. The maximum absolute atomic E-state index is 12.1. The fourth-order valence-electron chi connectivity index (χ4n) is 2.04. The molecule has 98 valence electrons. The lowest BCUT2D eigenvalue weighted by Gasteiger charge is -2.36. The van der Waals surface area contributed by atoms with Gasteiger partial charge < -0.3 is 20.3 Å². The summed E-state index contributed by atoms with van der Waals surface area (Å²) < 4.78 is 5.23. The van der Waals surface area contributed by atoms with Gasteiger partial charge in [0.1, 0.15) is 5.75 Å². The van der Waals surface area contributed by atoms with Gasteiger partial charge in [0.05, 0.1) is 12.1 Å². The molecular weight excluding hydrogens is 234 g/mol. The van der Waals surface area contributed by atoms with Crippen molar-refractivity contribution in [3.8, 4) is 5.75 Å². The Hall–Kier alpha value is -1.59. The average Bonchev–Trinajstić information content (AvgIpc) is 2.40. The van der Waals surface area contributed by atoms with Gasteiger partial charge in [-0.05, 0) is 31.0 Å². The Morgan fingerprint density at radius 3 is 2.72 bits per heavy atom. The number of hydrogen-bond acceptors (Lipinski definition) is 4. The molecule has 0 aliphatic carbocycles. The van der Waals surface area contributed by atoms with E-state index in [1.54, 1.807) is 12.1 Å². The second kappa shape index (κ2) is 5.37. The predicted molar refractivity (Wildman–Crippen MR) is 65.4 cm³/mol. The Morgan fingerprint density at radius 1 is 1.39 bits per heavy atom. The minimum Gasteiger partial charge on any atom is -0.508 e. The highest BCUT2D eigenvalue weighted by Crippen LogP contribution is 2.21. The van der Waals surface area contributed by atoms with Crippen molar-refractivity contribution in [2.45, 2.75) is 18.4 Å². The summed E-state index contributed by atoms with van der Waals surface area (Å²) in [5.74, 6) is -0.241. The Balaban J connectivity index is 2.10. The number of phenols is 1. The van der Waals surface area contributed by atoms with Crippen molar-refractivity contribution in [2.75, 3.05) is 19.8 Å². The topological polar surface area (TPSA) is 78.8 Å². The molecule has 1 fully saturated rings. The molecule has 1 aromatic rings. The Bertz CT molecular complexity index is 427. The van der Waals surface area contributed by atoms with Gasteiger partial charge in [-0.25, -0.2) is 0 Å². The lowest BCUT2D eigenvalue weighted by molar-refractivity contribution is 0.0125. The lowest BCUT2D eigenvalue weighted by atomic mass is 9.90. The summed E-state index contributed by atoms with van der Waals surface area (Å²) in [7, 11) is 0. The van der Waals surface area contributed by atoms with Crippen molar-refractivity contribution in [1.82, 2.24) is 5.32 Å². The summed E-state index contributed by atoms with van der Waals surface area (Å²) in [6.07, 6.45) is 1.18. The quantitative estimate of drug-likeness (QED) is 0.737. The fraction of sp³-hybridized carbons (Fsp3) is 0.462. The SMILES string of the molecule is O=C(NC1(CO)CCOCC1)c1cccc(O)c1. The number of phenolic OH excluding ortho intramolecular Hbond substituents is 1. The van der Waals surface area contributed by atoms with Gasteiger partial charge in [0, 0.05) is 18.8 Å². The van der Waals surface area contributed by atoms with Gasteiger partial charge in [-0.3, -0.25) is 4.79 Å². The molecule has 0 unspecified atom stereocenters. The van der Waals surface area contributed by atoms with Crippen molar-refractivity contribution >= 4 is 5.91 Å². The summed E-state index contributed by atoms with van der Waals surface area (Å²) in [4.78, 5) is 12.1. The number of carbonyl (C=O) groups excluding carboxylic acids is 1. The molecule has 0 bridgehead atoms. The van der Waals surface area contributed by atoms with E-state index in [-0.39, 0.29) is 18.3 Å². The molecule has 5 heteroatoms. The molecule has 1 saturated heterocycles. The first kappa shape index (κ1) is 12.9. The van der Waals surface area contributed by atoms with Crippen LogP contribution in [0.25, 0.3) is 0 Å². The third kappa shape index (κ3) is 2.80. The highest BCUT2D eigenvalue weighted by Gasteiger charge is 2.33. The number of aliphatic hydroxyl groups excluding tert-OH is 1. The van der Waals surface area contributed by atoms with Crippen molar-refractivity contribution < 1.29 is 19.7 Å². The molecule has 1 heterocycles. The van der Waals surface area contributed by atoms with Crippen LogP contribution < -0.4 is 5.32 Å². The second-order valence-electron chi connectivity index (χ2n) is 4.56. The molecule has 1 amide bonds. The molecule has 2 rings (SSSR count). The Kier molecular flexibility index (Phi) is 3.84. The van der Waals surface area contributed by atoms with E-state index in [0.29, 0.717) is 31.6 Å². The highest BCUT2D eigenvalue weighted by atomic mass is 16.5. The fourth-order valence-corrected chi connectivity index (χ4v) is 2.04. The molecule has 1 aliphatic heterocycles. The number of hydrogen-bond donors (Lipinski definition) is 3. The van der Waals surface area contributed by atoms with Crippen LogP contribution in [0.5, 0.6) is 5.75 Å². The molecule has 1 aromatic carbocycles. The number of amides is 1. The summed E-state index contributed by atoms with van der Waals surface area (Å²) in [6.45, 7) is 0.947. The Morgan fingerprint density at radius 2 is 2.11 bits per heavy atom. The normalized spacial score (nSPS) is 18.3. The van der Waals surface area contributed by atoms with Gasteiger partial charge in [0.2, 0.25) is 0 Å². The monoisotopic (exact) mass is 251 g/mol. The van der Waals surface area contributed by atoms with Gasteiger partial charge >= 0.3 is 0 Å². The van der Waals surface area contributed by atoms with E-state index < -0.39 is 5.54 Å². The zero-order chi connectivity index (χ0) is 13.0. The zero-order valence-corrected chi connectivity index (χ0v) is 10.1. The van der Waals surface area contributed by atoms with Gasteiger partial charge in [-0.1, -0.05) is 6.07 Å². The number of carbonyl (C=O) groups is 1. The van der Waals surface area contributed by atoms with Gasteiger partial charge in [-0.2, -0.15) is 0 Å². The number of nitrogens with one attached hydrogen (secondary N) is 1. The molecule has 0 saturated carbocycles. The van der Waals surface area contributed by atoms with E-state index in [1.807, 2.05) is 0 Å². The van der Waals surface area contributed by atoms with Crippen molar-refractivity contribution in [3.63, 3.8) is 0 Å². The lowest BCUT2D eigenvalue weighted by Crippen LogP contribution is -2.54. The average molecular weight is 251 g/mol. The first-order chi connectivity index (χ1) is 8.65. The molecular formula is C13H17NO4. The molecule has 0 atom stereocenters. The zero-order valence-electron chi connectivity index (χ0n) is 10.1. The van der Waals surface area contributed by atoms with Crippen LogP contribution in [0, 0.1) is 0 Å². The van der Waals surface area contributed by atoms with Crippen LogP contribution in [0.3, 0.4) is 0 Å². The molecule has 5 nitrogen and oxygen atoms in total. The minimum absolute atomic E-state index is 0.0488. The van der Waals surface area contributed by atoms with E-state index in [2.05, 4.69) is 5.32 Å². The number of benzene rings is 1. The number of aromatic hydroxyl groups is 1. The summed E-state index contributed by atoms with van der Waals surface area (Å²) in [5, 5.41) is 21.7. The first-order valence-corrected chi connectivity index (χ1v) is 5.95. The number of ether oxygens (including phenoxy) is 1. The van der Waals surface area contributed by atoms with Crippen LogP contribution in [-0.2, 0) is 4.74 Å². The van der Waals surface area contributed by atoms with Gasteiger partial charge in [-0.15, -0.1) is 0 Å². The standard InChI is InChI=1S/C13H17NO4/c15-9-13(4-6-18-7-5-13)14-12(17)10-2-1-3-11(16)8-10/h1-3,8,15-16H,4-7,9H2,(H,14,17). The Labute approximate surface area is 105 Å². The van der Waals surface area contributed by atoms with Gasteiger partial charge in [0.25, 0.3) is 5.91 Å². The van der Waals surface area contributed by atoms with Crippen LogP contribution >= 0.6 is 0 Å². The van der Waals surface area contributed by atoms with Crippen LogP contribution in [0.4, 0.5) is 0 Å². The maximum Gasteiger partial charge on any atom is 0.251 e. The molecule has 0 radical (unpaired) electrons. The molecule has 18 heavy (non-hydrogen) atoms. The minimum atomic E-state index is -0.610. The van der Waals surface area contributed by atoms with E-state index >= 15 is 0 Å². The summed E-state index contributed by atoms with van der Waals surface area (Å²) >= 11 is 0. The van der Waals surface area contributed by atoms with Crippen molar-refractivity contribution in [3.05, 3.63) is 29.8 Å². The summed E-state index contributed by atoms with van der Waals surface area (Å²) in [5.41, 5.74) is -0.227. The van der Waals surface area contributed by atoms with Crippen molar-refractivity contribution in [1.29, 1.82) is 0 Å². The molecule has 0 aromatic heterocycles. The molecule has 1 aliphatic rings. The van der Waals surface area contributed by atoms with E-state index in [1.165, 1.54) is 12.1 Å². The van der Waals surface area contributed by atoms with Crippen LogP contribution in [-0.4, -0.2) is 41.5 Å². The first-order valence-electron chi connectivity index (χ1n) is 5.95. The van der Waals surface area contributed by atoms with Crippen LogP contribution in [0.15, 0.2) is 24.3 Å². The number of aliphatic hydroxyl groups is 1. The van der Waals surface area contributed by atoms with E-state index in [4.69, 9.17) is 4.74 Å². The van der Waals surface area contributed by atoms with E-state index in [0.717, 1.165) is 0 Å². The maximum atomic E-state index is 12.1. The second-order valence-corrected chi connectivity index (χ2v) is 4.56. The molecule has 0 spiro atoms. The smallest absolute Gasteiger partial charge is 0.251 e. The van der Waals surface area contributed by atoms with Crippen molar-refractivity contribution in [2.24, 2.45) is 0 Å². The molecule has 3 N–H and O–H groups in total. The third-order valence-corrected chi connectivity index (χ3v) is 3.24. The highest BCUT2D eigenvalue weighted by molar-refractivity contribution is 5.95. The third-order valence-electron chi connectivity index (χ3n) is 3.24. The predicted octanol–water partition coefficient (Wildman–Crippen LogP) is 0.663. The van der Waals surface area contributed by atoms with Gasteiger partial charge in [0.15, 0.2) is 0 Å². The van der Waals surface area contributed by atoms with E-state index in [9.17, 15) is 15.0 Å². The van der Waals surface area contributed by atoms with Crippen LogP contribution in [0.2, 0.25) is 0 Å². The van der Waals surface area contributed by atoms with Crippen LogP contribution in [0.1, 0.15) is 23.2 Å².